The molecule has 2 aromatic rings. The molecule has 0 aliphatic carbocycles. The van der Waals surface area contributed by atoms with Crippen LogP contribution in [0, 0.1) is 0 Å². The van der Waals surface area contributed by atoms with Crippen molar-refractivity contribution in [3.8, 4) is 0 Å². The van der Waals surface area contributed by atoms with Crippen LogP contribution in [0.5, 0.6) is 0 Å². The fourth-order valence-electron chi connectivity index (χ4n) is 1.63. The van der Waals surface area contributed by atoms with Gasteiger partial charge < -0.3 is 5.73 Å². The lowest BCUT2D eigenvalue weighted by Crippen LogP contribution is -2.30. The third kappa shape index (κ3) is 2.54. The molecule has 0 saturated carbocycles. The first-order chi connectivity index (χ1) is 8.63. The Morgan fingerprint density at radius 1 is 1.28 bits per heavy atom. The molecule has 0 fully saturated rings. The van der Waals surface area contributed by atoms with Crippen LogP contribution in [0.15, 0.2) is 30.6 Å². The van der Waals surface area contributed by atoms with E-state index < -0.39 is 6.04 Å². The monoisotopic (exact) mass is 283 g/mol. The van der Waals surface area contributed by atoms with E-state index in [2.05, 4.69) is 15.4 Å². The summed E-state index contributed by atoms with van der Waals surface area (Å²) in [7, 11) is 0. The van der Waals surface area contributed by atoms with Crippen molar-refractivity contribution in [2.24, 2.45) is 5.84 Å². The van der Waals surface area contributed by atoms with Crippen LogP contribution < -0.4 is 17.0 Å². The summed E-state index contributed by atoms with van der Waals surface area (Å²) < 4.78 is 0. The molecule has 0 saturated heterocycles. The van der Waals surface area contributed by atoms with Crippen LogP contribution in [0.4, 0.5) is 5.82 Å². The van der Waals surface area contributed by atoms with Crippen molar-refractivity contribution < 1.29 is 0 Å². The second-order valence-corrected chi connectivity index (χ2v) is 4.44. The Balaban J connectivity index is 2.49. The zero-order chi connectivity index (χ0) is 13.1. The molecule has 18 heavy (non-hydrogen) atoms. The summed E-state index contributed by atoms with van der Waals surface area (Å²) in [5.41, 5.74) is 9.69. The number of hydrazine groups is 1. The summed E-state index contributed by atoms with van der Waals surface area (Å²) in [6.07, 6.45) is 3.10. The topological polar surface area (TPSA) is 89.8 Å². The van der Waals surface area contributed by atoms with Gasteiger partial charge in [0.15, 0.2) is 0 Å². The summed E-state index contributed by atoms with van der Waals surface area (Å²) in [4.78, 5) is 8.18. The molecule has 1 unspecified atom stereocenters. The van der Waals surface area contributed by atoms with Crippen molar-refractivity contribution >= 4 is 29.0 Å². The van der Waals surface area contributed by atoms with E-state index in [1.165, 1.54) is 6.20 Å². The standard InChI is InChI=1S/C11H11Cl2N5/c12-6-4-8(13)10(17-5-6)9(18-15)7-2-1-3-16-11(7)14/h1-5,9,18H,15H2,(H2,14,16). The molecule has 0 radical (unpaired) electrons. The molecule has 2 rings (SSSR count). The van der Waals surface area contributed by atoms with Crippen LogP contribution in [0.1, 0.15) is 17.3 Å². The molecular formula is C11H11Cl2N5. The van der Waals surface area contributed by atoms with Gasteiger partial charge >= 0.3 is 0 Å². The number of nitrogens with two attached hydrogens (primary N) is 2. The van der Waals surface area contributed by atoms with Gasteiger partial charge in [-0.15, -0.1) is 0 Å². The Morgan fingerprint density at radius 3 is 2.67 bits per heavy atom. The molecule has 1 atom stereocenters. The summed E-state index contributed by atoms with van der Waals surface area (Å²) in [6, 6.07) is 4.73. The van der Waals surface area contributed by atoms with Crippen LogP contribution in [0.25, 0.3) is 0 Å². The lowest BCUT2D eigenvalue weighted by Gasteiger charge is -2.18. The maximum atomic E-state index is 6.10. The second kappa shape index (κ2) is 5.49. The number of hydrogen-bond acceptors (Lipinski definition) is 5. The highest BCUT2D eigenvalue weighted by molar-refractivity contribution is 6.34. The van der Waals surface area contributed by atoms with Crippen LogP contribution in [-0.2, 0) is 0 Å². The lowest BCUT2D eigenvalue weighted by molar-refractivity contribution is 0.621. The van der Waals surface area contributed by atoms with Crippen molar-refractivity contribution in [2.75, 3.05) is 5.73 Å². The predicted molar refractivity (Wildman–Crippen MR) is 72.1 cm³/mol. The van der Waals surface area contributed by atoms with E-state index in [1.54, 1.807) is 24.4 Å². The molecule has 0 amide bonds. The van der Waals surface area contributed by atoms with E-state index in [0.29, 0.717) is 27.1 Å². The van der Waals surface area contributed by atoms with Gasteiger partial charge in [-0.1, -0.05) is 29.3 Å². The Labute approximate surface area is 114 Å². The number of nitrogens with one attached hydrogen (secondary N) is 1. The van der Waals surface area contributed by atoms with Crippen molar-refractivity contribution in [3.63, 3.8) is 0 Å². The Hall–Kier alpha value is -1.40. The Bertz CT molecular complexity index is 561. The molecule has 7 heteroatoms. The molecule has 5 nitrogen and oxygen atoms in total. The van der Waals surface area contributed by atoms with E-state index in [-0.39, 0.29) is 0 Å². The highest BCUT2D eigenvalue weighted by Gasteiger charge is 2.20. The number of nitrogens with zero attached hydrogens (tertiary/aromatic N) is 2. The summed E-state index contributed by atoms with van der Waals surface area (Å²) in [5, 5.41) is 0.868. The third-order valence-electron chi connectivity index (χ3n) is 2.46. The van der Waals surface area contributed by atoms with E-state index >= 15 is 0 Å². The number of pyridine rings is 2. The molecule has 5 N–H and O–H groups in total. The number of halogens is 2. The number of nitrogen functional groups attached to an aromatic ring is 1. The van der Waals surface area contributed by atoms with E-state index in [4.69, 9.17) is 34.8 Å². The fraction of sp³-hybridized carbons (Fsp3) is 0.0909. The molecule has 0 spiro atoms. The first kappa shape index (κ1) is 13.0. The first-order valence-electron chi connectivity index (χ1n) is 5.11. The third-order valence-corrected chi connectivity index (χ3v) is 2.97. The van der Waals surface area contributed by atoms with E-state index in [1.807, 2.05) is 0 Å². The molecular weight excluding hydrogens is 273 g/mol. The van der Waals surface area contributed by atoms with Gasteiger partial charge in [0.2, 0.25) is 0 Å². The second-order valence-electron chi connectivity index (χ2n) is 3.60. The fourth-order valence-corrected chi connectivity index (χ4v) is 2.12. The van der Waals surface area contributed by atoms with Gasteiger partial charge in [0.1, 0.15) is 5.82 Å². The molecule has 2 aromatic heterocycles. The van der Waals surface area contributed by atoms with Gasteiger partial charge in [0.05, 0.1) is 21.8 Å². The maximum absolute atomic E-state index is 6.10. The average Bonchev–Trinajstić information content (AvgIpc) is 2.34. The van der Waals surface area contributed by atoms with Crippen molar-refractivity contribution in [1.29, 1.82) is 0 Å². The minimum atomic E-state index is -0.441. The average molecular weight is 284 g/mol. The highest BCUT2D eigenvalue weighted by Crippen LogP contribution is 2.29. The van der Waals surface area contributed by atoms with Crippen LogP contribution in [-0.4, -0.2) is 9.97 Å². The van der Waals surface area contributed by atoms with Crippen LogP contribution in [0.2, 0.25) is 10.0 Å². The van der Waals surface area contributed by atoms with Gasteiger partial charge in [-0.3, -0.25) is 10.8 Å². The molecule has 0 aliphatic rings. The molecule has 0 bridgehead atoms. The van der Waals surface area contributed by atoms with Crippen LogP contribution in [0.3, 0.4) is 0 Å². The molecule has 0 aromatic carbocycles. The van der Waals surface area contributed by atoms with Gasteiger partial charge in [-0.25, -0.2) is 10.4 Å². The number of hydrogen-bond donors (Lipinski definition) is 3. The van der Waals surface area contributed by atoms with E-state index in [9.17, 15) is 0 Å². The quantitative estimate of drug-likeness (QED) is 0.591. The summed E-state index contributed by atoms with van der Waals surface area (Å²) in [5.74, 6) is 5.92. The largest absolute Gasteiger partial charge is 0.383 e. The minimum Gasteiger partial charge on any atom is -0.383 e. The minimum absolute atomic E-state index is 0.369. The predicted octanol–water partition coefficient (Wildman–Crippen LogP) is 1.92. The maximum Gasteiger partial charge on any atom is 0.128 e. The van der Waals surface area contributed by atoms with Gasteiger partial charge in [-0.05, 0) is 12.1 Å². The Kier molecular flexibility index (Phi) is 3.98. The summed E-state index contributed by atoms with van der Waals surface area (Å²) in [6.45, 7) is 0. The van der Waals surface area contributed by atoms with Gasteiger partial charge in [0.25, 0.3) is 0 Å². The Morgan fingerprint density at radius 2 is 2.06 bits per heavy atom. The van der Waals surface area contributed by atoms with E-state index in [0.717, 1.165) is 0 Å². The SMILES string of the molecule is NNC(c1cccnc1N)c1ncc(Cl)cc1Cl. The smallest absolute Gasteiger partial charge is 0.128 e. The van der Waals surface area contributed by atoms with Crippen molar-refractivity contribution in [2.45, 2.75) is 6.04 Å². The highest BCUT2D eigenvalue weighted by atomic mass is 35.5. The molecule has 0 aliphatic heterocycles. The lowest BCUT2D eigenvalue weighted by atomic mass is 10.0. The zero-order valence-electron chi connectivity index (χ0n) is 9.27. The van der Waals surface area contributed by atoms with Crippen molar-refractivity contribution in [1.82, 2.24) is 15.4 Å². The number of anilines is 1. The number of aromatic nitrogens is 2. The summed E-state index contributed by atoms with van der Waals surface area (Å²) >= 11 is 11.9. The van der Waals surface area contributed by atoms with Gasteiger partial charge in [-0.2, -0.15) is 0 Å². The normalized spacial score (nSPS) is 12.4. The molecule has 94 valence electrons. The number of rotatable bonds is 3. The van der Waals surface area contributed by atoms with Crippen molar-refractivity contribution in [3.05, 3.63) is 51.9 Å². The van der Waals surface area contributed by atoms with Gasteiger partial charge in [0, 0.05) is 18.0 Å². The van der Waals surface area contributed by atoms with Crippen LogP contribution >= 0.6 is 23.2 Å². The first-order valence-corrected chi connectivity index (χ1v) is 5.86. The zero-order valence-corrected chi connectivity index (χ0v) is 10.8. The molecule has 2 heterocycles.